The molecule has 2 aromatic carbocycles. The molecule has 0 saturated heterocycles. The Kier molecular flexibility index (Phi) is 4.84. The third-order valence-electron chi connectivity index (χ3n) is 3.96. The number of benzene rings is 2. The van der Waals surface area contributed by atoms with Crippen LogP contribution in [-0.2, 0) is 4.79 Å². The molecule has 0 aliphatic heterocycles. The van der Waals surface area contributed by atoms with Gasteiger partial charge in [-0.1, -0.05) is 42.0 Å². The molecule has 25 heavy (non-hydrogen) atoms. The zero-order valence-electron chi connectivity index (χ0n) is 14.6. The molecule has 128 valence electrons. The number of aromatic nitrogens is 2. The van der Waals surface area contributed by atoms with E-state index in [1.807, 2.05) is 56.3 Å². The number of nitrogens with one attached hydrogen (secondary N) is 2. The summed E-state index contributed by atoms with van der Waals surface area (Å²) in [5, 5.41) is 10.2. The van der Waals surface area contributed by atoms with Crippen LogP contribution >= 0.6 is 0 Å². The summed E-state index contributed by atoms with van der Waals surface area (Å²) in [6.45, 7) is 5.92. The van der Waals surface area contributed by atoms with E-state index in [-0.39, 0.29) is 12.5 Å². The number of anilines is 1. The second kappa shape index (κ2) is 7.21. The van der Waals surface area contributed by atoms with Crippen molar-refractivity contribution in [2.45, 2.75) is 20.8 Å². The van der Waals surface area contributed by atoms with Crippen LogP contribution in [0.4, 0.5) is 5.69 Å². The highest BCUT2D eigenvalue weighted by molar-refractivity contribution is 5.96. The van der Waals surface area contributed by atoms with Gasteiger partial charge in [0.15, 0.2) is 6.61 Å². The Hall–Kier alpha value is -3.08. The molecule has 0 unspecified atom stereocenters. The predicted molar refractivity (Wildman–Crippen MR) is 98.8 cm³/mol. The van der Waals surface area contributed by atoms with Crippen LogP contribution in [0, 0.1) is 20.8 Å². The van der Waals surface area contributed by atoms with E-state index in [0.29, 0.717) is 11.4 Å². The Morgan fingerprint density at radius 3 is 2.60 bits per heavy atom. The van der Waals surface area contributed by atoms with Crippen LogP contribution in [0.3, 0.4) is 0 Å². The highest BCUT2D eigenvalue weighted by atomic mass is 16.5. The van der Waals surface area contributed by atoms with Gasteiger partial charge in [-0.15, -0.1) is 0 Å². The molecule has 1 aromatic heterocycles. The molecule has 5 heteroatoms. The molecule has 3 rings (SSSR count). The third-order valence-corrected chi connectivity index (χ3v) is 3.96. The minimum Gasteiger partial charge on any atom is -0.484 e. The summed E-state index contributed by atoms with van der Waals surface area (Å²) in [4.78, 5) is 12.3. The van der Waals surface area contributed by atoms with E-state index >= 15 is 0 Å². The van der Waals surface area contributed by atoms with Crippen molar-refractivity contribution >= 4 is 11.6 Å². The molecule has 2 N–H and O–H groups in total. The van der Waals surface area contributed by atoms with E-state index in [4.69, 9.17) is 4.74 Å². The number of aryl methyl sites for hydroxylation is 3. The monoisotopic (exact) mass is 335 g/mol. The van der Waals surface area contributed by atoms with E-state index < -0.39 is 0 Å². The summed E-state index contributed by atoms with van der Waals surface area (Å²) in [5.41, 5.74) is 5.53. The second-order valence-electron chi connectivity index (χ2n) is 6.04. The maximum absolute atomic E-state index is 12.3. The van der Waals surface area contributed by atoms with Crippen molar-refractivity contribution < 1.29 is 9.53 Å². The third kappa shape index (κ3) is 3.88. The first kappa shape index (κ1) is 16.8. The fourth-order valence-corrected chi connectivity index (χ4v) is 2.70. The van der Waals surface area contributed by atoms with Crippen molar-refractivity contribution in [2.24, 2.45) is 0 Å². The number of hydrogen-bond acceptors (Lipinski definition) is 3. The van der Waals surface area contributed by atoms with Gasteiger partial charge < -0.3 is 10.1 Å². The smallest absolute Gasteiger partial charge is 0.262 e. The number of carbonyl (C=O) groups excluding carboxylic acids is 1. The van der Waals surface area contributed by atoms with Gasteiger partial charge in [-0.05, 0) is 38.5 Å². The Labute approximate surface area is 147 Å². The van der Waals surface area contributed by atoms with Crippen LogP contribution in [-0.4, -0.2) is 22.7 Å². The van der Waals surface area contributed by atoms with Gasteiger partial charge >= 0.3 is 0 Å². The Bertz CT molecular complexity index is 885. The molecule has 5 nitrogen and oxygen atoms in total. The van der Waals surface area contributed by atoms with E-state index in [9.17, 15) is 4.79 Å². The maximum Gasteiger partial charge on any atom is 0.262 e. The molecule has 0 saturated carbocycles. The van der Waals surface area contributed by atoms with Gasteiger partial charge in [0.1, 0.15) is 11.4 Å². The summed E-state index contributed by atoms with van der Waals surface area (Å²) >= 11 is 0. The fourth-order valence-electron chi connectivity index (χ4n) is 2.70. The topological polar surface area (TPSA) is 67.0 Å². The van der Waals surface area contributed by atoms with Gasteiger partial charge in [-0.3, -0.25) is 9.89 Å². The zero-order chi connectivity index (χ0) is 17.8. The Morgan fingerprint density at radius 1 is 1.12 bits per heavy atom. The van der Waals surface area contributed by atoms with Crippen molar-refractivity contribution in [3.05, 3.63) is 65.4 Å². The van der Waals surface area contributed by atoms with Gasteiger partial charge in [0.05, 0.1) is 11.4 Å². The molecule has 0 bridgehead atoms. The molecular formula is C20H21N3O2. The first-order valence-corrected chi connectivity index (χ1v) is 8.15. The number of ether oxygens (including phenoxy) is 1. The predicted octanol–water partition coefficient (Wildman–Crippen LogP) is 4.02. The lowest BCUT2D eigenvalue weighted by Crippen LogP contribution is -2.20. The number of hydrogen-bond donors (Lipinski definition) is 2. The van der Waals surface area contributed by atoms with Crippen LogP contribution in [0.2, 0.25) is 0 Å². The number of amides is 1. The lowest BCUT2D eigenvalue weighted by Gasteiger charge is -2.10. The summed E-state index contributed by atoms with van der Waals surface area (Å²) in [6.07, 6.45) is 0. The van der Waals surface area contributed by atoms with Crippen molar-refractivity contribution in [1.29, 1.82) is 0 Å². The molecule has 0 atom stereocenters. The van der Waals surface area contributed by atoms with E-state index in [1.165, 1.54) is 5.56 Å². The first-order chi connectivity index (χ1) is 12.0. The van der Waals surface area contributed by atoms with Crippen LogP contribution in [0.25, 0.3) is 11.3 Å². The van der Waals surface area contributed by atoms with E-state index in [0.717, 1.165) is 22.5 Å². The highest BCUT2D eigenvalue weighted by Gasteiger charge is 2.16. The lowest BCUT2D eigenvalue weighted by atomic mass is 10.0. The minimum absolute atomic E-state index is 0.0546. The second-order valence-corrected chi connectivity index (χ2v) is 6.04. The van der Waals surface area contributed by atoms with Gasteiger partial charge in [-0.25, -0.2) is 0 Å². The average molecular weight is 335 g/mol. The average Bonchev–Trinajstić information content (AvgIpc) is 2.95. The molecule has 3 aromatic rings. The molecular weight excluding hydrogens is 314 g/mol. The Balaban J connectivity index is 1.76. The highest BCUT2D eigenvalue weighted by Crippen LogP contribution is 2.31. The molecule has 1 amide bonds. The minimum atomic E-state index is -0.223. The van der Waals surface area contributed by atoms with Gasteiger partial charge in [-0.2, -0.15) is 5.10 Å². The Morgan fingerprint density at radius 2 is 1.88 bits per heavy atom. The number of carbonyl (C=O) groups is 1. The maximum atomic E-state index is 12.3. The quantitative estimate of drug-likeness (QED) is 0.740. The van der Waals surface area contributed by atoms with Gasteiger partial charge in [0.25, 0.3) is 5.91 Å². The number of H-pyrrole nitrogens is 1. The summed E-state index contributed by atoms with van der Waals surface area (Å²) < 4.78 is 5.50. The first-order valence-electron chi connectivity index (χ1n) is 8.15. The van der Waals surface area contributed by atoms with Gasteiger partial charge in [0, 0.05) is 5.56 Å². The summed E-state index contributed by atoms with van der Waals surface area (Å²) in [6, 6.07) is 15.4. The SMILES string of the molecule is Cc1ccc(-c2n[nH]c(C)c2NC(=O)COc2ccccc2)c(C)c1. The van der Waals surface area contributed by atoms with Crippen molar-refractivity contribution in [3.8, 4) is 17.0 Å². The van der Waals surface area contributed by atoms with E-state index in [1.54, 1.807) is 0 Å². The number of nitrogens with zero attached hydrogens (tertiary/aromatic N) is 1. The van der Waals surface area contributed by atoms with E-state index in [2.05, 4.69) is 28.5 Å². The zero-order valence-corrected chi connectivity index (χ0v) is 14.6. The largest absolute Gasteiger partial charge is 0.484 e. The van der Waals surface area contributed by atoms with Crippen LogP contribution < -0.4 is 10.1 Å². The lowest BCUT2D eigenvalue weighted by molar-refractivity contribution is -0.118. The number of para-hydroxylation sites is 1. The molecule has 0 radical (unpaired) electrons. The molecule has 0 fully saturated rings. The van der Waals surface area contributed by atoms with Crippen molar-refractivity contribution in [2.75, 3.05) is 11.9 Å². The van der Waals surface area contributed by atoms with Gasteiger partial charge in [0.2, 0.25) is 0 Å². The number of rotatable bonds is 5. The fraction of sp³-hybridized carbons (Fsp3) is 0.200. The summed E-state index contributed by atoms with van der Waals surface area (Å²) in [5.74, 6) is 0.440. The van der Waals surface area contributed by atoms with Crippen molar-refractivity contribution in [3.63, 3.8) is 0 Å². The standard InChI is InChI=1S/C20H21N3O2/c1-13-9-10-17(14(2)11-13)20-19(15(3)22-23-20)21-18(24)12-25-16-7-5-4-6-8-16/h4-11H,12H2,1-3H3,(H,21,24)(H,22,23). The van der Waals surface area contributed by atoms with Crippen LogP contribution in [0.1, 0.15) is 16.8 Å². The molecule has 1 heterocycles. The molecule has 0 spiro atoms. The van der Waals surface area contributed by atoms with Crippen LogP contribution in [0.15, 0.2) is 48.5 Å². The normalized spacial score (nSPS) is 10.5. The number of aromatic amines is 1. The molecule has 0 aliphatic carbocycles. The molecule has 0 aliphatic rings. The summed E-state index contributed by atoms with van der Waals surface area (Å²) in [7, 11) is 0. The van der Waals surface area contributed by atoms with Crippen LogP contribution in [0.5, 0.6) is 5.75 Å². The van der Waals surface area contributed by atoms with Crippen molar-refractivity contribution in [1.82, 2.24) is 10.2 Å².